The van der Waals surface area contributed by atoms with Crippen LogP contribution in [0.2, 0.25) is 0 Å². The van der Waals surface area contributed by atoms with E-state index in [9.17, 15) is 9.59 Å². The number of cyclic esters (lactones) is 2. The summed E-state index contributed by atoms with van der Waals surface area (Å²) < 4.78 is 13.7. The van der Waals surface area contributed by atoms with Crippen molar-refractivity contribution in [3.8, 4) is 0 Å². The van der Waals surface area contributed by atoms with E-state index in [-0.39, 0.29) is 6.42 Å². The molecule has 1 aliphatic rings. The zero-order chi connectivity index (χ0) is 8.27. The maximum absolute atomic E-state index is 10.6. The number of hydrogen-bond acceptors (Lipinski definition) is 5. The summed E-state index contributed by atoms with van der Waals surface area (Å²) in [6.45, 7) is 0.885. The molecule has 0 aromatic rings. The third-order valence-corrected chi connectivity index (χ3v) is 1.05. The minimum Gasteiger partial charge on any atom is -0.400 e. The second kappa shape index (κ2) is 3.34. The number of rotatable bonds is 2. The first-order chi connectivity index (χ1) is 5.22. The van der Waals surface area contributed by atoms with Crippen LogP contribution < -0.4 is 0 Å². The first-order valence-electron chi connectivity index (χ1n) is 3.23. The molecular formula is C6H8O5. The van der Waals surface area contributed by atoms with Gasteiger partial charge in [-0.2, -0.15) is 0 Å². The van der Waals surface area contributed by atoms with Gasteiger partial charge < -0.3 is 14.2 Å². The lowest BCUT2D eigenvalue weighted by Crippen LogP contribution is -2.34. The Balaban J connectivity index is 2.43. The summed E-state index contributed by atoms with van der Waals surface area (Å²) in [7, 11) is 0. The second-order valence-corrected chi connectivity index (χ2v) is 1.90. The predicted octanol–water partition coefficient (Wildman–Crippen LogP) is -0.203. The van der Waals surface area contributed by atoms with Gasteiger partial charge in [-0.25, -0.2) is 0 Å². The van der Waals surface area contributed by atoms with Crippen LogP contribution in [-0.4, -0.2) is 25.0 Å². The van der Waals surface area contributed by atoms with E-state index >= 15 is 0 Å². The molecule has 62 valence electrons. The molecule has 1 heterocycles. The van der Waals surface area contributed by atoms with Crippen LogP contribution in [-0.2, 0) is 23.8 Å². The van der Waals surface area contributed by atoms with E-state index in [4.69, 9.17) is 4.74 Å². The molecule has 0 saturated carbocycles. The average molecular weight is 160 g/mol. The highest BCUT2D eigenvalue weighted by Crippen LogP contribution is 2.08. The summed E-state index contributed by atoms with van der Waals surface area (Å²) in [4.78, 5) is 21.1. The van der Waals surface area contributed by atoms with Gasteiger partial charge in [0.05, 0.1) is 6.61 Å². The topological polar surface area (TPSA) is 61.8 Å². The molecular weight excluding hydrogens is 152 g/mol. The van der Waals surface area contributed by atoms with Gasteiger partial charge in [-0.3, -0.25) is 9.59 Å². The fraction of sp³-hybridized carbons (Fsp3) is 0.667. The van der Waals surface area contributed by atoms with Crippen molar-refractivity contribution in [3.63, 3.8) is 0 Å². The number of ether oxygens (including phenoxy) is 3. The fourth-order valence-electron chi connectivity index (χ4n) is 0.644. The molecule has 0 bridgehead atoms. The first kappa shape index (κ1) is 8.00. The van der Waals surface area contributed by atoms with E-state index in [0.717, 1.165) is 0 Å². The van der Waals surface area contributed by atoms with Crippen molar-refractivity contribution >= 4 is 11.9 Å². The van der Waals surface area contributed by atoms with E-state index in [1.807, 2.05) is 0 Å². The molecule has 1 saturated heterocycles. The minimum atomic E-state index is -1.14. The normalized spacial score (nSPS) is 19.4. The van der Waals surface area contributed by atoms with Crippen molar-refractivity contribution in [1.82, 2.24) is 0 Å². The molecule has 0 atom stereocenters. The number of carbonyl (C=O) groups excluding carboxylic acids is 2. The van der Waals surface area contributed by atoms with E-state index in [1.54, 1.807) is 6.92 Å². The molecule has 5 nitrogen and oxygen atoms in total. The summed E-state index contributed by atoms with van der Waals surface area (Å²) in [6.07, 6.45) is -0.330. The monoisotopic (exact) mass is 160 g/mol. The molecule has 1 aliphatic heterocycles. The Morgan fingerprint density at radius 3 is 2.45 bits per heavy atom. The summed E-state index contributed by atoms with van der Waals surface area (Å²) in [5.74, 6) is -1.22. The molecule has 0 radical (unpaired) electrons. The Kier molecular flexibility index (Phi) is 2.43. The second-order valence-electron chi connectivity index (χ2n) is 1.90. The molecule has 0 N–H and O–H groups in total. The van der Waals surface area contributed by atoms with Gasteiger partial charge in [0.1, 0.15) is 6.42 Å². The lowest BCUT2D eigenvalue weighted by Gasteiger charge is -2.20. The van der Waals surface area contributed by atoms with E-state index in [0.29, 0.717) is 6.61 Å². The first-order valence-corrected chi connectivity index (χ1v) is 3.23. The van der Waals surface area contributed by atoms with E-state index in [1.165, 1.54) is 0 Å². The van der Waals surface area contributed by atoms with Crippen molar-refractivity contribution in [3.05, 3.63) is 0 Å². The fourth-order valence-corrected chi connectivity index (χ4v) is 0.644. The van der Waals surface area contributed by atoms with Crippen molar-refractivity contribution in [2.75, 3.05) is 6.61 Å². The third-order valence-electron chi connectivity index (χ3n) is 1.05. The van der Waals surface area contributed by atoms with Gasteiger partial charge >= 0.3 is 18.4 Å². The predicted molar refractivity (Wildman–Crippen MR) is 32.2 cm³/mol. The Morgan fingerprint density at radius 2 is 2.00 bits per heavy atom. The summed E-state index contributed by atoms with van der Waals surface area (Å²) in [5, 5.41) is 0. The maximum Gasteiger partial charge on any atom is 0.365 e. The summed E-state index contributed by atoms with van der Waals surface area (Å²) in [6, 6.07) is 0. The van der Waals surface area contributed by atoms with Gasteiger partial charge in [-0.1, -0.05) is 0 Å². The van der Waals surface area contributed by atoms with Crippen LogP contribution >= 0.6 is 0 Å². The van der Waals surface area contributed by atoms with E-state index < -0.39 is 18.4 Å². The Bertz CT molecular complexity index is 160. The van der Waals surface area contributed by atoms with Crippen LogP contribution in [0.3, 0.4) is 0 Å². The zero-order valence-corrected chi connectivity index (χ0v) is 6.03. The maximum atomic E-state index is 10.6. The molecule has 0 amide bonds. The van der Waals surface area contributed by atoms with Gasteiger partial charge in [0.25, 0.3) is 0 Å². The molecule has 0 aromatic heterocycles. The highest BCUT2D eigenvalue weighted by atomic mass is 16.9. The molecule has 11 heavy (non-hydrogen) atoms. The highest BCUT2D eigenvalue weighted by molar-refractivity contribution is 5.92. The van der Waals surface area contributed by atoms with Crippen LogP contribution in [0.15, 0.2) is 0 Å². The van der Waals surface area contributed by atoms with Gasteiger partial charge in [0.15, 0.2) is 0 Å². The SMILES string of the molecule is CCOC1OC(=O)CC(=O)O1. The average Bonchev–Trinajstić information content (AvgIpc) is 1.85. The Morgan fingerprint density at radius 1 is 1.45 bits per heavy atom. The molecule has 0 aliphatic carbocycles. The van der Waals surface area contributed by atoms with Crippen molar-refractivity contribution in [1.29, 1.82) is 0 Å². The molecule has 0 aromatic carbocycles. The zero-order valence-electron chi connectivity index (χ0n) is 6.03. The van der Waals surface area contributed by atoms with Gasteiger partial charge in [0.2, 0.25) is 0 Å². The van der Waals surface area contributed by atoms with Gasteiger partial charge in [-0.05, 0) is 6.92 Å². The quantitative estimate of drug-likeness (QED) is 0.413. The number of esters is 2. The van der Waals surface area contributed by atoms with Crippen LogP contribution in [0.25, 0.3) is 0 Å². The summed E-state index contributed by atoms with van der Waals surface area (Å²) in [5.41, 5.74) is 0. The van der Waals surface area contributed by atoms with Gasteiger partial charge in [0, 0.05) is 0 Å². The van der Waals surface area contributed by atoms with Crippen LogP contribution in [0.4, 0.5) is 0 Å². The highest BCUT2D eigenvalue weighted by Gasteiger charge is 2.27. The number of hydrogen-bond donors (Lipinski definition) is 0. The summed E-state index contributed by atoms with van der Waals surface area (Å²) >= 11 is 0. The number of carbonyl (C=O) groups is 2. The van der Waals surface area contributed by atoms with Crippen LogP contribution in [0.1, 0.15) is 13.3 Å². The van der Waals surface area contributed by atoms with Crippen molar-refractivity contribution in [2.45, 2.75) is 19.8 Å². The molecule has 0 unspecified atom stereocenters. The Hall–Kier alpha value is -1.10. The minimum absolute atomic E-state index is 0.325. The van der Waals surface area contributed by atoms with E-state index in [2.05, 4.69) is 9.47 Å². The van der Waals surface area contributed by atoms with Crippen LogP contribution in [0.5, 0.6) is 0 Å². The Labute approximate surface area is 63.2 Å². The molecule has 1 rings (SSSR count). The molecule has 5 heteroatoms. The standard InChI is InChI=1S/C6H8O5/c1-2-9-6-10-4(7)3-5(8)11-6/h6H,2-3H2,1H3. The smallest absolute Gasteiger partial charge is 0.365 e. The molecule has 0 spiro atoms. The largest absolute Gasteiger partial charge is 0.400 e. The van der Waals surface area contributed by atoms with Crippen molar-refractivity contribution < 1.29 is 23.8 Å². The molecule has 1 fully saturated rings. The lowest BCUT2D eigenvalue weighted by atomic mass is 10.4. The lowest BCUT2D eigenvalue weighted by molar-refractivity contribution is -0.276. The third kappa shape index (κ3) is 2.19. The van der Waals surface area contributed by atoms with Crippen LogP contribution in [0, 0.1) is 0 Å². The van der Waals surface area contributed by atoms with Crippen molar-refractivity contribution in [2.24, 2.45) is 0 Å². The van der Waals surface area contributed by atoms with Gasteiger partial charge in [-0.15, -0.1) is 0 Å².